The summed E-state index contributed by atoms with van der Waals surface area (Å²) in [6, 6.07) is 81.5. The van der Waals surface area contributed by atoms with E-state index in [-0.39, 0.29) is 0 Å². The largest absolute Gasteiger partial charge is 0.309 e. The van der Waals surface area contributed by atoms with Crippen molar-refractivity contribution in [2.45, 2.75) is 0 Å². The SMILES string of the molecule is c1ccc(-c2ccc(N(c3ccc(-c4cc(-c5ccccc5)cc(-c5ccccc5)c4)cc3-c3ccccc3)c3cccc4sc5ccccc5c34)cc2)cc1. The smallest absolute Gasteiger partial charge is 0.0555 e. The lowest BCUT2D eigenvalue weighted by atomic mass is 9.91. The van der Waals surface area contributed by atoms with Crippen LogP contribution in [0.15, 0.2) is 224 Å². The summed E-state index contributed by atoms with van der Waals surface area (Å²) in [5, 5.41) is 2.55. The molecule has 1 aromatic heterocycles. The van der Waals surface area contributed by atoms with E-state index in [0.717, 1.165) is 22.6 Å². The molecule has 1 nitrogen and oxygen atoms in total. The van der Waals surface area contributed by atoms with Crippen molar-refractivity contribution in [3.05, 3.63) is 224 Å². The highest BCUT2D eigenvalue weighted by molar-refractivity contribution is 7.26. The van der Waals surface area contributed by atoms with E-state index in [1.54, 1.807) is 0 Å². The number of hydrogen-bond donors (Lipinski definition) is 0. The number of nitrogens with zero attached hydrogens (tertiary/aromatic N) is 1. The summed E-state index contributed by atoms with van der Waals surface area (Å²) >= 11 is 1.86. The first-order chi connectivity index (χ1) is 27.8. The number of hydrogen-bond acceptors (Lipinski definition) is 2. The normalized spacial score (nSPS) is 11.2. The van der Waals surface area contributed by atoms with Crippen LogP contribution in [0.5, 0.6) is 0 Å². The summed E-state index contributed by atoms with van der Waals surface area (Å²) < 4.78 is 2.57. The number of fused-ring (bicyclic) bond motifs is 3. The third-order valence-electron chi connectivity index (χ3n) is 10.7. The molecule has 10 rings (SSSR count). The monoisotopic (exact) mass is 731 g/mol. The Morgan fingerprint density at radius 1 is 0.286 bits per heavy atom. The van der Waals surface area contributed by atoms with Crippen molar-refractivity contribution >= 4 is 48.6 Å². The van der Waals surface area contributed by atoms with Crippen molar-refractivity contribution in [2.75, 3.05) is 4.90 Å². The third kappa shape index (κ3) is 6.36. The lowest BCUT2D eigenvalue weighted by Gasteiger charge is -2.29. The van der Waals surface area contributed by atoms with E-state index < -0.39 is 0 Å². The quantitative estimate of drug-likeness (QED) is 0.150. The molecular weight excluding hydrogens is 695 g/mol. The molecule has 2 heteroatoms. The van der Waals surface area contributed by atoms with Gasteiger partial charge in [-0.3, -0.25) is 0 Å². The van der Waals surface area contributed by atoms with Gasteiger partial charge in [-0.1, -0.05) is 164 Å². The Morgan fingerprint density at radius 3 is 1.36 bits per heavy atom. The van der Waals surface area contributed by atoms with Gasteiger partial charge in [-0.25, -0.2) is 0 Å². The van der Waals surface area contributed by atoms with Crippen LogP contribution in [0.3, 0.4) is 0 Å². The van der Waals surface area contributed by atoms with Gasteiger partial charge < -0.3 is 4.90 Å². The maximum absolute atomic E-state index is 2.47. The van der Waals surface area contributed by atoms with Gasteiger partial charge >= 0.3 is 0 Å². The molecule has 0 bridgehead atoms. The van der Waals surface area contributed by atoms with Gasteiger partial charge in [0.05, 0.1) is 11.4 Å². The second-order valence-electron chi connectivity index (χ2n) is 14.1. The molecule has 0 unspecified atom stereocenters. The standard InChI is InChI=1S/C54H37NS/c1-5-16-38(17-6-1)41-28-31-47(32-29-41)55(51-25-15-27-53-54(51)48-24-13-14-26-52(48)56-53)50-33-30-43(37-49(50)42-22-11-4-12-23-42)46-35-44(39-18-7-2-8-19-39)34-45(36-46)40-20-9-3-10-21-40/h1-37H. The van der Waals surface area contributed by atoms with Gasteiger partial charge in [-0.15, -0.1) is 11.3 Å². The maximum Gasteiger partial charge on any atom is 0.0555 e. The Bertz CT molecular complexity index is 2870. The predicted molar refractivity (Wildman–Crippen MR) is 241 cm³/mol. The molecule has 0 fully saturated rings. The van der Waals surface area contributed by atoms with Crippen molar-refractivity contribution in [3.63, 3.8) is 0 Å². The predicted octanol–water partition coefficient (Wildman–Crippen LogP) is 15.9. The molecular formula is C54H37NS. The van der Waals surface area contributed by atoms with Crippen LogP contribution in [0.4, 0.5) is 17.1 Å². The second kappa shape index (κ2) is 14.7. The van der Waals surface area contributed by atoms with Crippen LogP contribution < -0.4 is 4.90 Å². The highest BCUT2D eigenvalue weighted by atomic mass is 32.1. The number of anilines is 3. The third-order valence-corrected chi connectivity index (χ3v) is 11.8. The van der Waals surface area contributed by atoms with Gasteiger partial charge in [0, 0.05) is 31.4 Å². The summed E-state index contributed by atoms with van der Waals surface area (Å²) in [5.74, 6) is 0. The first-order valence-corrected chi connectivity index (χ1v) is 19.9. The van der Waals surface area contributed by atoms with Crippen molar-refractivity contribution < 1.29 is 0 Å². The molecule has 0 aliphatic heterocycles. The Morgan fingerprint density at radius 2 is 0.750 bits per heavy atom. The van der Waals surface area contributed by atoms with E-state index >= 15 is 0 Å². The second-order valence-corrected chi connectivity index (χ2v) is 15.2. The van der Waals surface area contributed by atoms with E-state index in [2.05, 4.69) is 229 Å². The highest BCUT2D eigenvalue weighted by Gasteiger charge is 2.22. The number of benzene rings is 9. The topological polar surface area (TPSA) is 3.24 Å². The van der Waals surface area contributed by atoms with Crippen LogP contribution in [-0.2, 0) is 0 Å². The maximum atomic E-state index is 2.47. The molecule has 56 heavy (non-hydrogen) atoms. The summed E-state index contributed by atoms with van der Waals surface area (Å²) in [6.07, 6.45) is 0. The summed E-state index contributed by atoms with van der Waals surface area (Å²) in [7, 11) is 0. The van der Waals surface area contributed by atoms with Crippen LogP contribution in [0.2, 0.25) is 0 Å². The summed E-state index contributed by atoms with van der Waals surface area (Å²) in [6.45, 7) is 0. The van der Waals surface area contributed by atoms with Crippen molar-refractivity contribution in [1.29, 1.82) is 0 Å². The highest BCUT2D eigenvalue weighted by Crippen LogP contribution is 2.48. The van der Waals surface area contributed by atoms with Crippen LogP contribution in [0.25, 0.3) is 75.8 Å². The van der Waals surface area contributed by atoms with E-state index in [1.165, 1.54) is 70.2 Å². The molecule has 0 radical (unpaired) electrons. The molecule has 0 atom stereocenters. The average Bonchev–Trinajstić information content (AvgIpc) is 3.67. The Hall–Kier alpha value is -7.00. The van der Waals surface area contributed by atoms with Crippen LogP contribution in [0.1, 0.15) is 0 Å². The molecule has 10 aromatic rings. The first-order valence-electron chi connectivity index (χ1n) is 19.1. The van der Waals surface area contributed by atoms with Crippen LogP contribution in [-0.4, -0.2) is 0 Å². The van der Waals surface area contributed by atoms with Gasteiger partial charge in [0.25, 0.3) is 0 Å². The molecule has 0 aliphatic rings. The molecule has 9 aromatic carbocycles. The van der Waals surface area contributed by atoms with Crippen molar-refractivity contribution in [3.8, 4) is 55.6 Å². The molecule has 0 spiro atoms. The minimum atomic E-state index is 1.11. The Balaban J connectivity index is 1.21. The van der Waals surface area contributed by atoms with Gasteiger partial charge in [-0.05, 0) is 111 Å². The minimum absolute atomic E-state index is 1.11. The molecule has 0 saturated heterocycles. The Labute approximate surface area is 332 Å². The summed E-state index contributed by atoms with van der Waals surface area (Å²) in [5.41, 5.74) is 15.3. The molecule has 0 amide bonds. The number of thiophene rings is 1. The first kappa shape index (κ1) is 33.6. The van der Waals surface area contributed by atoms with E-state index in [0.29, 0.717) is 0 Å². The van der Waals surface area contributed by atoms with Gasteiger partial charge in [-0.2, -0.15) is 0 Å². The van der Waals surface area contributed by atoms with E-state index in [9.17, 15) is 0 Å². The lowest BCUT2D eigenvalue weighted by molar-refractivity contribution is 1.30. The molecule has 0 aliphatic carbocycles. The minimum Gasteiger partial charge on any atom is -0.309 e. The van der Waals surface area contributed by atoms with Crippen LogP contribution in [0, 0.1) is 0 Å². The zero-order valence-electron chi connectivity index (χ0n) is 30.7. The zero-order valence-corrected chi connectivity index (χ0v) is 31.5. The molecule has 0 saturated carbocycles. The fraction of sp³-hybridized carbons (Fsp3) is 0. The summed E-state index contributed by atoms with van der Waals surface area (Å²) in [4.78, 5) is 2.47. The van der Waals surface area contributed by atoms with Gasteiger partial charge in [0.1, 0.15) is 0 Å². The van der Waals surface area contributed by atoms with Crippen LogP contribution >= 0.6 is 11.3 Å². The molecule has 0 N–H and O–H groups in total. The molecule has 264 valence electrons. The lowest BCUT2D eigenvalue weighted by Crippen LogP contribution is -2.11. The van der Waals surface area contributed by atoms with Crippen molar-refractivity contribution in [1.82, 2.24) is 0 Å². The van der Waals surface area contributed by atoms with E-state index in [4.69, 9.17) is 0 Å². The zero-order chi connectivity index (χ0) is 37.3. The Kier molecular flexibility index (Phi) is 8.79. The number of rotatable bonds is 8. The fourth-order valence-corrected chi connectivity index (χ4v) is 9.06. The fourth-order valence-electron chi connectivity index (χ4n) is 7.93. The average molecular weight is 732 g/mol. The van der Waals surface area contributed by atoms with E-state index in [1.807, 2.05) is 11.3 Å². The molecule has 1 heterocycles. The van der Waals surface area contributed by atoms with Crippen molar-refractivity contribution in [2.24, 2.45) is 0 Å². The van der Waals surface area contributed by atoms with Gasteiger partial charge in [0.15, 0.2) is 0 Å². The van der Waals surface area contributed by atoms with Gasteiger partial charge in [0.2, 0.25) is 0 Å².